The third-order valence-electron chi connectivity index (χ3n) is 4.76. The molecular formula is C16H20O4Si. The van der Waals surface area contributed by atoms with Crippen molar-refractivity contribution in [1.29, 1.82) is 0 Å². The highest BCUT2D eigenvalue weighted by molar-refractivity contribution is 6.91. The van der Waals surface area contributed by atoms with E-state index >= 15 is 0 Å². The zero-order valence-electron chi connectivity index (χ0n) is 12.3. The summed E-state index contributed by atoms with van der Waals surface area (Å²) in [4.78, 5) is 34.6. The SMILES string of the molecule is C[Si](C)(c1ccccc1)[C@@H]1CC(=O)[C@H](CC(=O)O)[C@H]1C=O. The number of Topliss-reactive ketones (excluding diaryl/α,β-unsaturated/α-hetero) is 1. The van der Waals surface area contributed by atoms with Gasteiger partial charge >= 0.3 is 5.97 Å². The molecule has 21 heavy (non-hydrogen) atoms. The summed E-state index contributed by atoms with van der Waals surface area (Å²) in [6, 6.07) is 9.96. The van der Waals surface area contributed by atoms with Crippen LogP contribution in [-0.4, -0.2) is 31.2 Å². The lowest BCUT2D eigenvalue weighted by atomic mass is 9.93. The molecule has 1 saturated carbocycles. The van der Waals surface area contributed by atoms with Gasteiger partial charge in [-0.1, -0.05) is 48.6 Å². The number of aliphatic carboxylic acids is 1. The minimum atomic E-state index is -2.01. The Morgan fingerprint density at radius 3 is 2.48 bits per heavy atom. The summed E-state index contributed by atoms with van der Waals surface area (Å²) in [6.07, 6.45) is 0.897. The number of carbonyl (C=O) groups is 3. The quantitative estimate of drug-likeness (QED) is 0.665. The third kappa shape index (κ3) is 2.97. The number of hydrogen-bond donors (Lipinski definition) is 1. The van der Waals surface area contributed by atoms with Gasteiger partial charge in [-0.15, -0.1) is 0 Å². The highest BCUT2D eigenvalue weighted by Gasteiger charge is 2.50. The van der Waals surface area contributed by atoms with E-state index in [0.717, 1.165) is 6.29 Å². The molecule has 5 heteroatoms. The lowest BCUT2D eigenvalue weighted by Crippen LogP contribution is -2.47. The zero-order chi connectivity index (χ0) is 15.6. The van der Waals surface area contributed by atoms with Gasteiger partial charge in [-0.3, -0.25) is 9.59 Å². The molecule has 1 fully saturated rings. The summed E-state index contributed by atoms with van der Waals surface area (Å²) in [5.74, 6) is -2.20. The Labute approximate surface area is 125 Å². The Bertz CT molecular complexity index is 553. The largest absolute Gasteiger partial charge is 0.481 e. The second-order valence-electron chi connectivity index (χ2n) is 6.28. The predicted octanol–water partition coefficient (Wildman–Crippen LogP) is 1.85. The molecule has 0 amide bonds. The third-order valence-corrected chi connectivity index (χ3v) is 9.02. The van der Waals surface area contributed by atoms with Crippen molar-refractivity contribution in [1.82, 2.24) is 0 Å². The zero-order valence-corrected chi connectivity index (χ0v) is 13.3. The van der Waals surface area contributed by atoms with E-state index in [0.29, 0.717) is 6.42 Å². The Kier molecular flexibility index (Phi) is 4.42. The fourth-order valence-corrected chi connectivity index (χ4v) is 6.91. The van der Waals surface area contributed by atoms with Crippen LogP contribution < -0.4 is 5.19 Å². The van der Waals surface area contributed by atoms with Gasteiger partial charge in [0.15, 0.2) is 0 Å². The van der Waals surface area contributed by atoms with Crippen LogP contribution in [0.3, 0.4) is 0 Å². The van der Waals surface area contributed by atoms with Crippen molar-refractivity contribution in [2.75, 3.05) is 0 Å². The monoisotopic (exact) mass is 304 g/mol. The number of carboxylic acids is 1. The summed E-state index contributed by atoms with van der Waals surface area (Å²) in [6.45, 7) is 4.31. The predicted molar refractivity (Wildman–Crippen MR) is 82.2 cm³/mol. The van der Waals surface area contributed by atoms with E-state index < -0.39 is 25.9 Å². The van der Waals surface area contributed by atoms with E-state index in [9.17, 15) is 14.4 Å². The van der Waals surface area contributed by atoms with Gasteiger partial charge in [-0.25, -0.2) is 0 Å². The summed E-state index contributed by atoms with van der Waals surface area (Å²) < 4.78 is 0. The van der Waals surface area contributed by atoms with E-state index in [2.05, 4.69) is 13.1 Å². The maximum atomic E-state index is 12.2. The van der Waals surface area contributed by atoms with Gasteiger partial charge in [0.05, 0.1) is 14.5 Å². The Hall–Kier alpha value is -1.75. The van der Waals surface area contributed by atoms with Crippen molar-refractivity contribution in [2.24, 2.45) is 11.8 Å². The molecular weight excluding hydrogens is 284 g/mol. The number of hydrogen-bond acceptors (Lipinski definition) is 3. The molecule has 4 nitrogen and oxygen atoms in total. The van der Waals surface area contributed by atoms with Crippen LogP contribution >= 0.6 is 0 Å². The minimum Gasteiger partial charge on any atom is -0.481 e. The van der Waals surface area contributed by atoms with Crippen molar-refractivity contribution < 1.29 is 19.5 Å². The highest BCUT2D eigenvalue weighted by Crippen LogP contribution is 2.45. The van der Waals surface area contributed by atoms with Crippen LogP contribution in [0.2, 0.25) is 18.6 Å². The topological polar surface area (TPSA) is 71.4 Å². The maximum Gasteiger partial charge on any atom is 0.304 e. The number of benzene rings is 1. The number of ketones is 1. The van der Waals surface area contributed by atoms with Gasteiger partial charge < -0.3 is 9.90 Å². The van der Waals surface area contributed by atoms with E-state index in [1.165, 1.54) is 5.19 Å². The molecule has 1 aliphatic rings. The van der Waals surface area contributed by atoms with Gasteiger partial charge in [0.25, 0.3) is 0 Å². The van der Waals surface area contributed by atoms with Crippen LogP contribution in [0, 0.1) is 11.8 Å². The second kappa shape index (κ2) is 5.93. The first kappa shape index (κ1) is 15.6. The molecule has 112 valence electrons. The van der Waals surface area contributed by atoms with Crippen molar-refractivity contribution in [3.05, 3.63) is 30.3 Å². The summed E-state index contributed by atoms with van der Waals surface area (Å²) in [7, 11) is -2.01. The molecule has 0 radical (unpaired) electrons. The van der Waals surface area contributed by atoms with Gasteiger partial charge in [-0.05, 0) is 5.54 Å². The van der Waals surface area contributed by atoms with Gasteiger partial charge in [0.1, 0.15) is 12.1 Å². The van der Waals surface area contributed by atoms with Gasteiger partial charge in [-0.2, -0.15) is 0 Å². The van der Waals surface area contributed by atoms with Crippen LogP contribution in [0.5, 0.6) is 0 Å². The van der Waals surface area contributed by atoms with E-state index in [1.807, 2.05) is 30.3 Å². The van der Waals surface area contributed by atoms with Crippen LogP contribution in [0.4, 0.5) is 0 Å². The fraction of sp³-hybridized carbons (Fsp3) is 0.438. The molecule has 0 heterocycles. The first-order valence-electron chi connectivity index (χ1n) is 7.13. The van der Waals surface area contributed by atoms with Crippen molar-refractivity contribution >= 4 is 31.3 Å². The molecule has 0 saturated heterocycles. The molecule has 1 aromatic carbocycles. The average Bonchev–Trinajstić information content (AvgIpc) is 2.76. The smallest absolute Gasteiger partial charge is 0.304 e. The Balaban J connectivity index is 2.33. The van der Waals surface area contributed by atoms with Crippen LogP contribution in [0.1, 0.15) is 12.8 Å². The van der Waals surface area contributed by atoms with Crippen LogP contribution in [-0.2, 0) is 14.4 Å². The van der Waals surface area contributed by atoms with Crippen molar-refractivity contribution in [3.63, 3.8) is 0 Å². The van der Waals surface area contributed by atoms with E-state index in [4.69, 9.17) is 5.11 Å². The first-order valence-corrected chi connectivity index (χ1v) is 10.2. The molecule has 2 rings (SSSR count). The molecule has 1 N–H and O–H groups in total. The summed E-state index contributed by atoms with van der Waals surface area (Å²) in [5.41, 5.74) is -0.0192. The van der Waals surface area contributed by atoms with Gasteiger partial charge in [0, 0.05) is 18.3 Å². The number of rotatable bonds is 5. The van der Waals surface area contributed by atoms with Crippen molar-refractivity contribution in [3.8, 4) is 0 Å². The normalized spacial score (nSPS) is 25.8. The summed E-state index contributed by atoms with van der Waals surface area (Å²) in [5, 5.41) is 10.2. The fourth-order valence-electron chi connectivity index (χ4n) is 3.45. The van der Waals surface area contributed by atoms with Crippen molar-refractivity contribution in [2.45, 2.75) is 31.5 Å². The highest BCUT2D eigenvalue weighted by atomic mass is 28.3. The molecule has 0 aromatic heterocycles. The number of carbonyl (C=O) groups excluding carboxylic acids is 2. The summed E-state index contributed by atoms with van der Waals surface area (Å²) >= 11 is 0. The van der Waals surface area contributed by atoms with Gasteiger partial charge in [0.2, 0.25) is 0 Å². The standard InChI is InChI=1S/C16H20O4Si/c1-21(2,11-6-4-3-5-7-11)15-9-14(18)12(8-16(19)20)13(15)10-17/h3-7,10,12-13,15H,8-9H2,1-2H3,(H,19,20)/t12-,13-,15-/m1/s1. The molecule has 0 spiro atoms. The first-order chi connectivity index (χ1) is 9.87. The Morgan fingerprint density at radius 2 is 1.95 bits per heavy atom. The Morgan fingerprint density at radius 1 is 1.33 bits per heavy atom. The van der Waals surface area contributed by atoms with Crippen LogP contribution in [0.15, 0.2) is 30.3 Å². The minimum absolute atomic E-state index is 0.0192. The number of carboxylic acid groups (broad SMARTS) is 1. The molecule has 1 aliphatic carbocycles. The molecule has 0 bridgehead atoms. The molecule has 1 aromatic rings. The average molecular weight is 304 g/mol. The lowest BCUT2D eigenvalue weighted by Gasteiger charge is -2.33. The van der Waals surface area contributed by atoms with Crippen LogP contribution in [0.25, 0.3) is 0 Å². The van der Waals surface area contributed by atoms with E-state index in [1.54, 1.807) is 0 Å². The number of aldehydes is 1. The molecule has 0 aliphatic heterocycles. The lowest BCUT2D eigenvalue weighted by molar-refractivity contribution is -0.140. The maximum absolute atomic E-state index is 12.2. The van der Waals surface area contributed by atoms with E-state index in [-0.39, 0.29) is 17.7 Å². The molecule has 0 unspecified atom stereocenters. The molecule has 3 atom stereocenters. The second-order valence-corrected chi connectivity index (χ2v) is 11.0.